The zero-order chi connectivity index (χ0) is 23.6. The molecular weight excluding hydrogens is 410 g/mol. The second-order valence-electron chi connectivity index (χ2n) is 7.48. The standard InChI is InChI=1S/C25H34ClN3O2/c1-8-10-21-20(12-11-17(5)26)13-14-22(21)28-25(30)18(6)24(27)29-23(16(3)4)19(7)31-15-9-2/h9,11-12,15,22H,5-8,10,13-14H2,1-4H3,(H2,27,29)(H,28,30)/b12-11-,15-9-. The van der Waals surface area contributed by atoms with Crippen molar-refractivity contribution in [1.29, 1.82) is 0 Å². The molecule has 3 N–H and O–H groups in total. The Morgan fingerprint density at radius 2 is 2.03 bits per heavy atom. The number of rotatable bonds is 11. The summed E-state index contributed by atoms with van der Waals surface area (Å²) in [5, 5.41) is 3.53. The monoisotopic (exact) mass is 443 g/mol. The number of hydrogen-bond acceptors (Lipinski definition) is 3. The Labute approximate surface area is 191 Å². The largest absolute Gasteiger partial charge is 0.464 e. The van der Waals surface area contributed by atoms with E-state index in [9.17, 15) is 4.79 Å². The average molecular weight is 444 g/mol. The van der Waals surface area contributed by atoms with Gasteiger partial charge in [0.25, 0.3) is 5.91 Å². The fourth-order valence-corrected chi connectivity index (χ4v) is 3.27. The molecule has 1 unspecified atom stereocenters. The second-order valence-corrected chi connectivity index (χ2v) is 7.97. The van der Waals surface area contributed by atoms with Crippen molar-refractivity contribution in [1.82, 2.24) is 5.32 Å². The van der Waals surface area contributed by atoms with Crippen molar-refractivity contribution in [2.24, 2.45) is 10.7 Å². The highest BCUT2D eigenvalue weighted by Crippen LogP contribution is 2.31. The molecule has 1 atom stereocenters. The number of aliphatic imine (C=N–C) groups is 1. The first-order valence-electron chi connectivity index (χ1n) is 10.4. The zero-order valence-electron chi connectivity index (χ0n) is 19.1. The molecule has 1 rings (SSSR count). The third-order valence-corrected chi connectivity index (χ3v) is 4.85. The Morgan fingerprint density at radius 1 is 1.35 bits per heavy atom. The summed E-state index contributed by atoms with van der Waals surface area (Å²) in [4.78, 5) is 17.2. The van der Waals surface area contributed by atoms with E-state index in [1.165, 1.54) is 17.4 Å². The Morgan fingerprint density at radius 3 is 2.58 bits per heavy atom. The fourth-order valence-electron chi connectivity index (χ4n) is 3.21. The maximum absolute atomic E-state index is 12.8. The minimum Gasteiger partial charge on any atom is -0.464 e. The molecular formula is C25H34ClN3O2. The molecule has 31 heavy (non-hydrogen) atoms. The van der Waals surface area contributed by atoms with Crippen molar-refractivity contribution in [3.05, 3.63) is 83.0 Å². The van der Waals surface area contributed by atoms with Gasteiger partial charge in [-0.1, -0.05) is 56.8 Å². The Balaban J connectivity index is 3.01. The first-order chi connectivity index (χ1) is 14.6. The molecule has 0 fully saturated rings. The number of carbonyl (C=O) groups is 1. The third-order valence-electron chi connectivity index (χ3n) is 4.73. The van der Waals surface area contributed by atoms with E-state index in [1.807, 2.05) is 26.8 Å². The number of nitrogens with one attached hydrogen (secondary N) is 1. The van der Waals surface area contributed by atoms with Crippen LogP contribution in [0.15, 0.2) is 88.0 Å². The zero-order valence-corrected chi connectivity index (χ0v) is 19.8. The Bertz CT molecular complexity index is 884. The summed E-state index contributed by atoms with van der Waals surface area (Å²) in [5.41, 5.74) is 9.91. The van der Waals surface area contributed by atoms with Gasteiger partial charge in [0.15, 0.2) is 0 Å². The number of allylic oxidation sites excluding steroid dienone is 6. The van der Waals surface area contributed by atoms with Crippen molar-refractivity contribution in [2.75, 3.05) is 0 Å². The summed E-state index contributed by atoms with van der Waals surface area (Å²) < 4.78 is 5.40. The summed E-state index contributed by atoms with van der Waals surface area (Å²) in [6, 6.07) is -0.0730. The van der Waals surface area contributed by atoms with Crippen LogP contribution in [0.2, 0.25) is 0 Å². The van der Waals surface area contributed by atoms with Gasteiger partial charge in [-0.25, -0.2) is 4.99 Å². The summed E-state index contributed by atoms with van der Waals surface area (Å²) >= 11 is 5.86. The predicted octanol–water partition coefficient (Wildman–Crippen LogP) is 5.94. The minimum atomic E-state index is -0.347. The van der Waals surface area contributed by atoms with Gasteiger partial charge in [0.05, 0.1) is 17.9 Å². The van der Waals surface area contributed by atoms with Crippen molar-refractivity contribution >= 4 is 23.3 Å². The van der Waals surface area contributed by atoms with E-state index in [2.05, 4.69) is 37.0 Å². The molecule has 0 saturated carbocycles. The van der Waals surface area contributed by atoms with Crippen LogP contribution in [0, 0.1) is 0 Å². The van der Waals surface area contributed by atoms with Gasteiger partial charge in [-0.05, 0) is 62.8 Å². The molecule has 0 aromatic rings. The highest BCUT2D eigenvalue weighted by Gasteiger charge is 2.26. The number of ether oxygens (including phenoxy) is 1. The first kappa shape index (κ1) is 26.2. The number of carbonyl (C=O) groups excluding carboxylic acids is 1. The maximum Gasteiger partial charge on any atom is 0.254 e. The molecule has 0 radical (unpaired) electrons. The molecule has 0 aromatic carbocycles. The molecule has 0 heterocycles. The van der Waals surface area contributed by atoms with Crippen LogP contribution in [0.1, 0.15) is 53.4 Å². The molecule has 1 aliphatic rings. The minimum absolute atomic E-state index is 0.0245. The maximum atomic E-state index is 12.8. The van der Waals surface area contributed by atoms with Crippen LogP contribution in [0.3, 0.4) is 0 Å². The number of nitrogens with two attached hydrogens (primary N) is 1. The van der Waals surface area contributed by atoms with Gasteiger partial charge >= 0.3 is 0 Å². The summed E-state index contributed by atoms with van der Waals surface area (Å²) in [6.07, 6.45) is 10.5. The van der Waals surface area contributed by atoms with Crippen LogP contribution in [0.5, 0.6) is 0 Å². The molecule has 1 amide bonds. The van der Waals surface area contributed by atoms with Gasteiger partial charge in [0, 0.05) is 5.03 Å². The number of nitrogens with zero attached hydrogens (tertiary/aromatic N) is 1. The van der Waals surface area contributed by atoms with Crippen LogP contribution in [0.4, 0.5) is 0 Å². The lowest BCUT2D eigenvalue weighted by molar-refractivity contribution is -0.117. The lowest BCUT2D eigenvalue weighted by Crippen LogP contribution is -2.38. The lowest BCUT2D eigenvalue weighted by atomic mass is 10.0. The third kappa shape index (κ3) is 8.10. The highest BCUT2D eigenvalue weighted by molar-refractivity contribution is 6.30. The number of hydrogen-bond donors (Lipinski definition) is 2. The van der Waals surface area contributed by atoms with Gasteiger partial charge < -0.3 is 15.8 Å². The van der Waals surface area contributed by atoms with E-state index in [1.54, 1.807) is 12.2 Å². The summed E-state index contributed by atoms with van der Waals surface area (Å²) in [5.74, 6) is 0.0203. The van der Waals surface area contributed by atoms with E-state index < -0.39 is 0 Å². The smallest absolute Gasteiger partial charge is 0.254 e. The molecule has 6 heteroatoms. The van der Waals surface area contributed by atoms with E-state index in [0.717, 1.165) is 31.3 Å². The first-order valence-corrected chi connectivity index (χ1v) is 10.7. The van der Waals surface area contributed by atoms with Crippen LogP contribution >= 0.6 is 11.6 Å². The van der Waals surface area contributed by atoms with Crippen molar-refractivity contribution in [3.8, 4) is 0 Å². The Hall–Kier alpha value is -2.79. The number of amides is 1. The molecule has 0 spiro atoms. The quantitative estimate of drug-likeness (QED) is 0.136. The van der Waals surface area contributed by atoms with Crippen molar-refractivity contribution < 1.29 is 9.53 Å². The van der Waals surface area contributed by atoms with Gasteiger partial charge in [-0.2, -0.15) is 0 Å². The Kier molecular flexibility index (Phi) is 10.8. The van der Waals surface area contributed by atoms with E-state index in [0.29, 0.717) is 16.5 Å². The lowest BCUT2D eigenvalue weighted by Gasteiger charge is -2.18. The molecule has 168 valence electrons. The molecule has 0 saturated heterocycles. The van der Waals surface area contributed by atoms with Crippen LogP contribution < -0.4 is 11.1 Å². The van der Waals surface area contributed by atoms with Gasteiger partial charge in [0.1, 0.15) is 17.3 Å². The van der Waals surface area contributed by atoms with Crippen molar-refractivity contribution in [3.63, 3.8) is 0 Å². The van der Waals surface area contributed by atoms with Crippen molar-refractivity contribution in [2.45, 2.75) is 59.4 Å². The van der Waals surface area contributed by atoms with Crippen LogP contribution in [0.25, 0.3) is 0 Å². The molecule has 5 nitrogen and oxygen atoms in total. The van der Waals surface area contributed by atoms with E-state index in [4.69, 9.17) is 22.1 Å². The normalized spacial score (nSPS) is 16.7. The summed E-state index contributed by atoms with van der Waals surface area (Å²) in [6.45, 7) is 19.1. The average Bonchev–Trinajstić information content (AvgIpc) is 3.09. The van der Waals surface area contributed by atoms with E-state index >= 15 is 0 Å². The fraction of sp³-hybridized carbons (Fsp3) is 0.360. The number of amidine groups is 1. The molecule has 0 bridgehead atoms. The second kappa shape index (κ2) is 12.8. The number of halogens is 1. The molecule has 0 aliphatic heterocycles. The van der Waals surface area contributed by atoms with Gasteiger partial charge in [0.2, 0.25) is 0 Å². The summed E-state index contributed by atoms with van der Waals surface area (Å²) in [7, 11) is 0. The van der Waals surface area contributed by atoms with Crippen LogP contribution in [-0.2, 0) is 9.53 Å². The van der Waals surface area contributed by atoms with Gasteiger partial charge in [-0.3, -0.25) is 4.79 Å². The molecule has 0 aromatic heterocycles. The SMILES string of the molecule is C=C(Cl)/C=C\C1=C(CCC)C(NC(=O)C(=C)C(N)=NC(C(=C)O/C=C\C)=C(C)C)CC1. The molecule has 1 aliphatic carbocycles. The van der Waals surface area contributed by atoms with E-state index in [-0.39, 0.29) is 23.4 Å². The predicted molar refractivity (Wildman–Crippen MR) is 131 cm³/mol. The van der Waals surface area contributed by atoms with Crippen LogP contribution in [-0.4, -0.2) is 17.8 Å². The topological polar surface area (TPSA) is 76.7 Å². The highest BCUT2D eigenvalue weighted by atomic mass is 35.5. The van der Waals surface area contributed by atoms with Gasteiger partial charge in [-0.15, -0.1) is 0 Å².